The highest BCUT2D eigenvalue weighted by atomic mass is 19.4. The lowest BCUT2D eigenvalue weighted by atomic mass is 9.99. The predicted octanol–water partition coefficient (Wildman–Crippen LogP) is 2.32. The van der Waals surface area contributed by atoms with Crippen LogP contribution in [0.5, 0.6) is 0 Å². The van der Waals surface area contributed by atoms with Gasteiger partial charge in [-0.15, -0.1) is 0 Å². The van der Waals surface area contributed by atoms with Gasteiger partial charge in [0.05, 0.1) is 11.5 Å². The second kappa shape index (κ2) is 6.26. The van der Waals surface area contributed by atoms with E-state index in [4.69, 9.17) is 0 Å². The average molecular weight is 286 g/mol. The average Bonchev–Trinajstić information content (AvgIpc) is 2.45. The van der Waals surface area contributed by atoms with Gasteiger partial charge >= 0.3 is 6.18 Å². The first-order valence-electron chi connectivity index (χ1n) is 6.61. The third-order valence-corrected chi connectivity index (χ3v) is 3.39. The fraction of sp³-hybridized carbons (Fsp3) is 0.500. The van der Waals surface area contributed by atoms with Crippen LogP contribution in [0.3, 0.4) is 0 Å². The molecule has 2 rings (SSSR count). The normalized spacial score (nSPS) is 19.6. The van der Waals surface area contributed by atoms with Crippen molar-refractivity contribution in [1.29, 1.82) is 0 Å². The van der Waals surface area contributed by atoms with Crippen molar-refractivity contribution < 1.29 is 18.0 Å². The van der Waals surface area contributed by atoms with Crippen molar-refractivity contribution in [3.8, 4) is 0 Å². The van der Waals surface area contributed by atoms with E-state index in [9.17, 15) is 18.0 Å². The minimum absolute atomic E-state index is 0.0884. The van der Waals surface area contributed by atoms with Crippen LogP contribution in [0.1, 0.15) is 24.0 Å². The van der Waals surface area contributed by atoms with E-state index in [1.54, 1.807) is 6.07 Å². The van der Waals surface area contributed by atoms with Crippen LogP contribution in [-0.2, 0) is 17.5 Å². The van der Waals surface area contributed by atoms with E-state index in [0.29, 0.717) is 12.1 Å². The summed E-state index contributed by atoms with van der Waals surface area (Å²) in [5.74, 6) is -0.191. The lowest BCUT2D eigenvalue weighted by molar-refractivity contribution is -0.137. The van der Waals surface area contributed by atoms with Crippen LogP contribution >= 0.6 is 0 Å². The van der Waals surface area contributed by atoms with Gasteiger partial charge in [-0.05, 0) is 37.1 Å². The Morgan fingerprint density at radius 3 is 2.85 bits per heavy atom. The van der Waals surface area contributed by atoms with Gasteiger partial charge in [-0.1, -0.05) is 12.1 Å². The maximum atomic E-state index is 12.6. The monoisotopic (exact) mass is 286 g/mol. The fourth-order valence-electron chi connectivity index (χ4n) is 2.27. The van der Waals surface area contributed by atoms with Gasteiger partial charge in [-0.2, -0.15) is 13.2 Å². The lowest BCUT2D eigenvalue weighted by Gasteiger charge is -2.22. The van der Waals surface area contributed by atoms with Gasteiger partial charge in [0.25, 0.3) is 0 Å². The Morgan fingerprint density at radius 2 is 2.20 bits per heavy atom. The van der Waals surface area contributed by atoms with Gasteiger partial charge in [0.15, 0.2) is 0 Å². The van der Waals surface area contributed by atoms with Crippen molar-refractivity contribution >= 4 is 5.91 Å². The number of rotatable bonds is 3. The van der Waals surface area contributed by atoms with Gasteiger partial charge in [-0.25, -0.2) is 0 Å². The number of alkyl halides is 3. The van der Waals surface area contributed by atoms with E-state index in [1.807, 2.05) is 0 Å². The van der Waals surface area contributed by atoms with Crippen molar-refractivity contribution in [2.45, 2.75) is 25.6 Å². The minimum Gasteiger partial charge on any atom is -0.352 e. The summed E-state index contributed by atoms with van der Waals surface area (Å²) in [4.78, 5) is 11.9. The summed E-state index contributed by atoms with van der Waals surface area (Å²) in [5.41, 5.74) is -0.236. The molecule has 0 spiro atoms. The zero-order valence-corrected chi connectivity index (χ0v) is 11.0. The smallest absolute Gasteiger partial charge is 0.352 e. The van der Waals surface area contributed by atoms with E-state index in [1.165, 1.54) is 6.07 Å². The number of benzene rings is 1. The number of hydrogen-bond acceptors (Lipinski definition) is 2. The van der Waals surface area contributed by atoms with Crippen LogP contribution in [-0.4, -0.2) is 19.0 Å². The molecule has 6 heteroatoms. The Balaban J connectivity index is 1.92. The molecule has 0 aromatic heterocycles. The topological polar surface area (TPSA) is 41.1 Å². The molecule has 0 aliphatic carbocycles. The third-order valence-electron chi connectivity index (χ3n) is 3.39. The molecule has 3 nitrogen and oxygen atoms in total. The Bertz CT molecular complexity index is 468. The number of carbonyl (C=O) groups excluding carboxylic acids is 1. The number of hydrogen-bond donors (Lipinski definition) is 2. The van der Waals surface area contributed by atoms with Crippen LogP contribution in [0.2, 0.25) is 0 Å². The molecule has 20 heavy (non-hydrogen) atoms. The highest BCUT2D eigenvalue weighted by Gasteiger charge is 2.30. The molecule has 0 radical (unpaired) electrons. The Kier molecular flexibility index (Phi) is 4.65. The first-order chi connectivity index (χ1) is 9.47. The van der Waals surface area contributed by atoms with Crippen molar-refractivity contribution in [3.63, 3.8) is 0 Å². The summed E-state index contributed by atoms with van der Waals surface area (Å²) < 4.78 is 37.7. The number of halogens is 3. The molecule has 110 valence electrons. The number of nitrogens with one attached hydrogen (secondary N) is 2. The maximum Gasteiger partial charge on any atom is 0.416 e. The summed E-state index contributed by atoms with van der Waals surface area (Å²) >= 11 is 0. The molecule has 2 N–H and O–H groups in total. The summed E-state index contributed by atoms with van der Waals surface area (Å²) in [6.07, 6.45) is -2.59. The first kappa shape index (κ1) is 14.8. The molecule has 1 heterocycles. The minimum atomic E-state index is -4.35. The highest BCUT2D eigenvalue weighted by molar-refractivity contribution is 5.78. The van der Waals surface area contributed by atoms with Crippen LogP contribution in [0.25, 0.3) is 0 Å². The molecule has 1 aromatic carbocycles. The van der Waals surface area contributed by atoms with E-state index < -0.39 is 11.7 Å². The van der Waals surface area contributed by atoms with Crippen LogP contribution < -0.4 is 10.6 Å². The van der Waals surface area contributed by atoms with Crippen LogP contribution in [0.15, 0.2) is 24.3 Å². The number of piperidine rings is 1. The van der Waals surface area contributed by atoms with Crippen LogP contribution in [0.4, 0.5) is 13.2 Å². The first-order valence-corrected chi connectivity index (χ1v) is 6.61. The molecule has 0 unspecified atom stereocenters. The SMILES string of the molecule is O=C(NCc1cccc(C(F)(F)F)c1)[C@@H]1CCCNC1. The highest BCUT2D eigenvalue weighted by Crippen LogP contribution is 2.29. The third kappa shape index (κ3) is 3.96. The quantitative estimate of drug-likeness (QED) is 0.895. The van der Waals surface area contributed by atoms with E-state index in [0.717, 1.165) is 31.5 Å². The second-order valence-electron chi connectivity index (χ2n) is 4.96. The Hall–Kier alpha value is -1.56. The van der Waals surface area contributed by atoms with Crippen molar-refractivity contribution in [2.24, 2.45) is 5.92 Å². The zero-order valence-electron chi connectivity index (χ0n) is 11.0. The molecule has 1 saturated heterocycles. The van der Waals surface area contributed by atoms with Gasteiger partial charge in [0.1, 0.15) is 0 Å². The van der Waals surface area contributed by atoms with Gasteiger partial charge in [0, 0.05) is 13.1 Å². The van der Waals surface area contributed by atoms with Crippen molar-refractivity contribution in [2.75, 3.05) is 13.1 Å². The van der Waals surface area contributed by atoms with Crippen molar-refractivity contribution in [3.05, 3.63) is 35.4 Å². The maximum absolute atomic E-state index is 12.6. The Labute approximate surface area is 115 Å². The summed E-state index contributed by atoms with van der Waals surface area (Å²) in [6.45, 7) is 1.67. The van der Waals surface area contributed by atoms with E-state index in [2.05, 4.69) is 10.6 Å². The van der Waals surface area contributed by atoms with E-state index >= 15 is 0 Å². The molecule has 1 amide bonds. The van der Waals surface area contributed by atoms with Gasteiger partial charge < -0.3 is 10.6 Å². The fourth-order valence-corrected chi connectivity index (χ4v) is 2.27. The summed E-state index contributed by atoms with van der Waals surface area (Å²) in [5, 5.41) is 5.83. The number of amides is 1. The molecular weight excluding hydrogens is 269 g/mol. The predicted molar refractivity (Wildman–Crippen MR) is 68.9 cm³/mol. The van der Waals surface area contributed by atoms with Gasteiger partial charge in [-0.3, -0.25) is 4.79 Å². The van der Waals surface area contributed by atoms with Crippen molar-refractivity contribution in [1.82, 2.24) is 10.6 Å². The standard InChI is InChI=1S/C14H17F3N2O/c15-14(16,17)12-5-1-3-10(7-12)8-19-13(20)11-4-2-6-18-9-11/h1,3,5,7,11,18H,2,4,6,8-9H2,(H,19,20)/t11-/m1/s1. The molecule has 1 atom stereocenters. The zero-order chi connectivity index (χ0) is 14.6. The molecule has 1 fully saturated rings. The summed E-state index contributed by atoms with van der Waals surface area (Å²) in [6, 6.07) is 5.02. The lowest BCUT2D eigenvalue weighted by Crippen LogP contribution is -2.40. The molecule has 0 bridgehead atoms. The number of carbonyl (C=O) groups is 1. The van der Waals surface area contributed by atoms with E-state index in [-0.39, 0.29) is 18.4 Å². The molecule has 1 aromatic rings. The van der Waals surface area contributed by atoms with Gasteiger partial charge in [0.2, 0.25) is 5.91 Å². The summed E-state index contributed by atoms with van der Waals surface area (Å²) in [7, 11) is 0. The molecule has 1 aliphatic rings. The molecule has 1 aliphatic heterocycles. The molecule has 0 saturated carbocycles. The molecular formula is C14H17F3N2O. The Morgan fingerprint density at radius 1 is 1.40 bits per heavy atom. The second-order valence-corrected chi connectivity index (χ2v) is 4.96. The largest absolute Gasteiger partial charge is 0.416 e. The van der Waals surface area contributed by atoms with Crippen LogP contribution in [0, 0.1) is 5.92 Å².